The lowest BCUT2D eigenvalue weighted by Gasteiger charge is -2.48. The zero-order valence-corrected chi connectivity index (χ0v) is 31.8. The molecule has 2 amide bonds. The number of rotatable bonds is 8. The Morgan fingerprint density at radius 2 is 1.62 bits per heavy atom. The number of carboxylic acids is 1. The van der Waals surface area contributed by atoms with Crippen LogP contribution in [0.1, 0.15) is 75.6 Å². The summed E-state index contributed by atoms with van der Waals surface area (Å²) in [6, 6.07) is 8.23. The van der Waals surface area contributed by atoms with Crippen molar-refractivity contribution in [2.75, 3.05) is 62.2 Å². The van der Waals surface area contributed by atoms with Crippen molar-refractivity contribution in [2.24, 2.45) is 0 Å². The van der Waals surface area contributed by atoms with Gasteiger partial charge in [0.25, 0.3) is 0 Å². The number of benzene rings is 1. The third-order valence-corrected chi connectivity index (χ3v) is 10.3. The Morgan fingerprint density at radius 1 is 0.925 bits per heavy atom. The number of piperazine rings is 2. The SMILES string of the molecule is CC1CN(c2ncc(C(=O)O)cn2)CCN1C[C@H]1CN(C(=O)OC(C)(C)C)[C@H](C)CN1CC(=O)N1CC(C)(C)c2ncc(Cc3ccc(F)cc3)cc21. The Balaban J connectivity index is 1.20. The van der Waals surface area contributed by atoms with Gasteiger partial charge in [0.05, 0.1) is 23.5 Å². The van der Waals surface area contributed by atoms with E-state index in [4.69, 9.17) is 9.72 Å². The Bertz CT molecular complexity index is 1820. The van der Waals surface area contributed by atoms with E-state index in [-0.39, 0.29) is 53.5 Å². The van der Waals surface area contributed by atoms with Crippen LogP contribution in [0.15, 0.2) is 48.9 Å². The van der Waals surface area contributed by atoms with Crippen molar-refractivity contribution in [1.82, 2.24) is 29.7 Å². The Labute approximate surface area is 310 Å². The van der Waals surface area contributed by atoms with Gasteiger partial charge in [-0.15, -0.1) is 0 Å². The zero-order valence-electron chi connectivity index (χ0n) is 31.8. The van der Waals surface area contributed by atoms with Crippen molar-refractivity contribution in [3.8, 4) is 0 Å². The molecule has 3 aromatic rings. The van der Waals surface area contributed by atoms with Gasteiger partial charge in [0.1, 0.15) is 11.4 Å². The van der Waals surface area contributed by atoms with Gasteiger partial charge in [-0.05, 0) is 70.4 Å². The first-order chi connectivity index (χ1) is 25.0. The predicted molar refractivity (Wildman–Crippen MR) is 199 cm³/mol. The molecule has 284 valence electrons. The molecule has 5 heterocycles. The third kappa shape index (κ3) is 8.76. The maximum Gasteiger partial charge on any atom is 0.410 e. The molecular formula is C39H51FN8O5. The summed E-state index contributed by atoms with van der Waals surface area (Å²) in [5.74, 6) is -0.892. The number of carbonyl (C=O) groups is 3. The molecule has 1 aromatic carbocycles. The van der Waals surface area contributed by atoms with Crippen molar-refractivity contribution in [3.05, 3.63) is 77.1 Å². The van der Waals surface area contributed by atoms with Crippen LogP contribution in [-0.2, 0) is 21.4 Å². The maximum atomic E-state index is 14.4. The standard InChI is InChI=1S/C39H51FN8O5/c1-25-19-45(36-42-17-29(18-43-36)35(50)51)13-12-44(25)21-31-22-47(37(52)53-38(3,4)5)26(2)20-46(31)23-33(49)48-24-39(6,7)34-32(48)15-28(16-41-34)14-27-8-10-30(40)11-9-27/h8-11,15-18,25-26,31H,12-14,19-24H2,1-7H3,(H,50,51)/t25?,26-,31+/m1/s1. The van der Waals surface area contributed by atoms with Gasteiger partial charge < -0.3 is 24.5 Å². The predicted octanol–water partition coefficient (Wildman–Crippen LogP) is 4.44. The number of hydrogen-bond acceptors (Lipinski definition) is 10. The van der Waals surface area contributed by atoms with Crippen LogP contribution in [0, 0.1) is 5.82 Å². The molecule has 13 nitrogen and oxygen atoms in total. The number of aromatic nitrogens is 3. The minimum absolute atomic E-state index is 0.0275. The largest absolute Gasteiger partial charge is 0.478 e. The number of carbonyl (C=O) groups excluding carboxylic acids is 2. The van der Waals surface area contributed by atoms with Crippen molar-refractivity contribution in [3.63, 3.8) is 0 Å². The number of pyridine rings is 1. The van der Waals surface area contributed by atoms with Gasteiger partial charge in [0.15, 0.2) is 0 Å². The van der Waals surface area contributed by atoms with Gasteiger partial charge in [-0.1, -0.05) is 26.0 Å². The molecule has 3 aliphatic heterocycles. The Hall–Kier alpha value is -4.69. The lowest BCUT2D eigenvalue weighted by Crippen LogP contribution is -2.65. The summed E-state index contributed by atoms with van der Waals surface area (Å²) >= 11 is 0. The highest BCUT2D eigenvalue weighted by Gasteiger charge is 2.43. The molecule has 3 atom stereocenters. The van der Waals surface area contributed by atoms with Crippen molar-refractivity contribution >= 4 is 29.6 Å². The summed E-state index contributed by atoms with van der Waals surface area (Å²) in [6.45, 7) is 18.1. The van der Waals surface area contributed by atoms with Crippen LogP contribution in [0.25, 0.3) is 0 Å². The molecule has 1 N–H and O–H groups in total. The molecule has 2 fully saturated rings. The van der Waals surface area contributed by atoms with Crippen LogP contribution in [0.4, 0.5) is 20.8 Å². The highest BCUT2D eigenvalue weighted by Crippen LogP contribution is 2.40. The fourth-order valence-electron chi connectivity index (χ4n) is 7.56. The van der Waals surface area contributed by atoms with Gasteiger partial charge in [-0.25, -0.2) is 23.9 Å². The number of carboxylic acid groups (broad SMARTS) is 1. The smallest absolute Gasteiger partial charge is 0.410 e. The van der Waals surface area contributed by atoms with E-state index in [1.165, 1.54) is 24.5 Å². The van der Waals surface area contributed by atoms with Crippen LogP contribution >= 0.6 is 0 Å². The number of halogens is 1. The summed E-state index contributed by atoms with van der Waals surface area (Å²) in [4.78, 5) is 62.8. The number of nitrogens with zero attached hydrogens (tertiary/aromatic N) is 8. The molecule has 3 aliphatic rings. The lowest BCUT2D eigenvalue weighted by atomic mass is 9.91. The van der Waals surface area contributed by atoms with E-state index in [0.717, 1.165) is 22.5 Å². The molecule has 0 spiro atoms. The number of anilines is 2. The van der Waals surface area contributed by atoms with Crippen molar-refractivity contribution in [2.45, 2.75) is 84.0 Å². The van der Waals surface area contributed by atoms with Gasteiger partial charge in [0, 0.05) is 87.9 Å². The Morgan fingerprint density at radius 3 is 2.26 bits per heavy atom. The van der Waals surface area contributed by atoms with E-state index >= 15 is 0 Å². The minimum atomic E-state index is -1.07. The van der Waals surface area contributed by atoms with Crippen LogP contribution in [0.5, 0.6) is 0 Å². The minimum Gasteiger partial charge on any atom is -0.478 e. The van der Waals surface area contributed by atoms with Crippen LogP contribution in [0.3, 0.4) is 0 Å². The van der Waals surface area contributed by atoms with Crippen molar-refractivity contribution < 1.29 is 28.6 Å². The highest BCUT2D eigenvalue weighted by molar-refractivity contribution is 5.97. The molecular weight excluding hydrogens is 679 g/mol. The van der Waals surface area contributed by atoms with Gasteiger partial charge in [0.2, 0.25) is 11.9 Å². The number of fused-ring (bicyclic) bond motifs is 1. The first kappa shape index (κ1) is 38.0. The molecule has 2 aromatic heterocycles. The summed E-state index contributed by atoms with van der Waals surface area (Å²) in [7, 11) is 0. The van der Waals surface area contributed by atoms with E-state index in [0.29, 0.717) is 58.2 Å². The monoisotopic (exact) mass is 730 g/mol. The molecule has 53 heavy (non-hydrogen) atoms. The average molecular weight is 731 g/mol. The molecule has 0 aliphatic carbocycles. The summed E-state index contributed by atoms with van der Waals surface area (Å²) in [6.07, 6.45) is 4.71. The molecule has 1 unspecified atom stereocenters. The summed E-state index contributed by atoms with van der Waals surface area (Å²) < 4.78 is 19.4. The molecule has 2 saturated heterocycles. The normalized spacial score (nSPS) is 22.1. The van der Waals surface area contributed by atoms with Gasteiger partial charge >= 0.3 is 12.1 Å². The van der Waals surface area contributed by atoms with E-state index in [1.807, 2.05) is 44.9 Å². The molecule has 0 radical (unpaired) electrons. The first-order valence-corrected chi connectivity index (χ1v) is 18.3. The molecule has 0 bridgehead atoms. The summed E-state index contributed by atoms with van der Waals surface area (Å²) in [5.41, 5.74) is 2.64. The van der Waals surface area contributed by atoms with E-state index in [2.05, 4.69) is 45.4 Å². The Kier molecular flexibility index (Phi) is 10.8. The molecule has 14 heteroatoms. The van der Waals surface area contributed by atoms with Crippen LogP contribution < -0.4 is 9.80 Å². The fourth-order valence-corrected chi connectivity index (χ4v) is 7.56. The number of ether oxygens (including phenoxy) is 1. The van der Waals surface area contributed by atoms with Gasteiger partial charge in [-0.3, -0.25) is 19.6 Å². The highest BCUT2D eigenvalue weighted by atomic mass is 19.1. The summed E-state index contributed by atoms with van der Waals surface area (Å²) in [5, 5.41) is 9.24. The van der Waals surface area contributed by atoms with Crippen LogP contribution in [0.2, 0.25) is 0 Å². The second-order valence-corrected chi connectivity index (χ2v) is 16.3. The second-order valence-electron chi connectivity index (χ2n) is 16.3. The average Bonchev–Trinajstić information content (AvgIpc) is 3.36. The van der Waals surface area contributed by atoms with Gasteiger partial charge in [-0.2, -0.15) is 0 Å². The molecule has 6 rings (SSSR count). The van der Waals surface area contributed by atoms with Crippen LogP contribution in [-0.4, -0.2) is 129 Å². The maximum absolute atomic E-state index is 14.4. The molecule has 0 saturated carbocycles. The number of amides is 2. The fraction of sp³-hybridized carbons (Fsp3) is 0.538. The number of hydrogen-bond donors (Lipinski definition) is 1. The third-order valence-electron chi connectivity index (χ3n) is 10.3. The van der Waals surface area contributed by atoms with Crippen molar-refractivity contribution in [1.29, 1.82) is 0 Å². The van der Waals surface area contributed by atoms with E-state index in [9.17, 15) is 23.9 Å². The van der Waals surface area contributed by atoms with E-state index in [1.54, 1.807) is 17.0 Å². The lowest BCUT2D eigenvalue weighted by molar-refractivity contribution is -0.121. The quantitative estimate of drug-likeness (QED) is 0.353. The zero-order chi connectivity index (χ0) is 38.2. The topological polar surface area (TPSA) is 136 Å². The van der Waals surface area contributed by atoms with E-state index < -0.39 is 11.6 Å². The second kappa shape index (κ2) is 15.0. The first-order valence-electron chi connectivity index (χ1n) is 18.3. The number of aromatic carboxylic acids is 1.